The quantitative estimate of drug-likeness (QED) is 0.855. The Hall–Kier alpha value is -0.870. The molecule has 0 aliphatic rings. The van der Waals surface area contributed by atoms with Gasteiger partial charge in [-0.2, -0.15) is 0 Å². The lowest BCUT2D eigenvalue weighted by molar-refractivity contribution is -0.121. The molecule has 4 heteroatoms. The van der Waals surface area contributed by atoms with Gasteiger partial charge in [0.1, 0.15) is 0 Å². The van der Waals surface area contributed by atoms with Gasteiger partial charge >= 0.3 is 0 Å². The highest BCUT2D eigenvalue weighted by molar-refractivity contribution is 9.10. The number of nitrogens with two attached hydrogens (primary N) is 1. The highest BCUT2D eigenvalue weighted by atomic mass is 79.9. The van der Waals surface area contributed by atoms with E-state index in [2.05, 4.69) is 21.2 Å². The van der Waals surface area contributed by atoms with Gasteiger partial charge < -0.3 is 11.1 Å². The van der Waals surface area contributed by atoms with Crippen molar-refractivity contribution in [2.45, 2.75) is 13.5 Å². The Labute approximate surface area is 98.2 Å². The fraction of sp³-hybridized carbons (Fsp3) is 0.364. The van der Waals surface area contributed by atoms with E-state index in [9.17, 15) is 4.79 Å². The van der Waals surface area contributed by atoms with Gasteiger partial charge in [0, 0.05) is 23.5 Å². The van der Waals surface area contributed by atoms with Gasteiger partial charge in [0.05, 0.1) is 0 Å². The number of hydrogen-bond donors (Lipinski definition) is 2. The van der Waals surface area contributed by atoms with Crippen molar-refractivity contribution in [3.63, 3.8) is 0 Å². The van der Waals surface area contributed by atoms with E-state index in [0.717, 1.165) is 11.0 Å². The summed E-state index contributed by atoms with van der Waals surface area (Å²) in [5, 5.41) is 3.19. The summed E-state index contributed by atoms with van der Waals surface area (Å²) in [6.07, 6.45) is 0. The van der Waals surface area contributed by atoms with E-state index in [1.54, 1.807) is 0 Å². The summed E-state index contributed by atoms with van der Waals surface area (Å²) >= 11 is 3.40. The molecule has 0 saturated carbocycles. The van der Waals surface area contributed by atoms with Crippen LogP contribution in [0.2, 0.25) is 0 Å². The fourth-order valence-corrected chi connectivity index (χ4v) is 1.63. The minimum atomic E-state index is -0.267. The zero-order chi connectivity index (χ0) is 11.3. The number of carbonyl (C=O) groups is 1. The molecular weight excluding hydrogens is 256 g/mol. The second kappa shape index (κ2) is 5.88. The van der Waals surface area contributed by atoms with Crippen LogP contribution in [0.1, 0.15) is 12.5 Å². The number of amides is 1. The molecule has 1 aromatic rings. The normalized spacial score (nSPS) is 12.4. The van der Waals surface area contributed by atoms with Crippen LogP contribution >= 0.6 is 15.9 Å². The van der Waals surface area contributed by atoms with Gasteiger partial charge in [-0.3, -0.25) is 4.79 Å². The van der Waals surface area contributed by atoms with E-state index in [0.29, 0.717) is 6.54 Å². The van der Waals surface area contributed by atoms with E-state index < -0.39 is 0 Å². The standard InChI is InChI=1S/C11H15BrN2O/c1-8(11(13)15)6-14-7-9-3-2-4-10(12)5-9/h2-5,8,14H,6-7H2,1H3,(H2,13,15). The largest absolute Gasteiger partial charge is 0.369 e. The Morgan fingerprint density at radius 1 is 1.60 bits per heavy atom. The first kappa shape index (κ1) is 12.2. The summed E-state index contributed by atoms with van der Waals surface area (Å²) in [7, 11) is 0. The number of rotatable bonds is 5. The summed E-state index contributed by atoms with van der Waals surface area (Å²) < 4.78 is 1.06. The van der Waals surface area contributed by atoms with E-state index in [4.69, 9.17) is 5.73 Å². The molecule has 0 aromatic heterocycles. The molecule has 0 heterocycles. The minimum absolute atomic E-state index is 0.128. The Morgan fingerprint density at radius 3 is 2.93 bits per heavy atom. The predicted molar refractivity (Wildman–Crippen MR) is 64.2 cm³/mol. The van der Waals surface area contributed by atoms with Gasteiger partial charge in [0.15, 0.2) is 0 Å². The summed E-state index contributed by atoms with van der Waals surface area (Å²) in [6.45, 7) is 3.18. The van der Waals surface area contributed by atoms with Gasteiger partial charge in [0.25, 0.3) is 0 Å². The lowest BCUT2D eigenvalue weighted by Gasteiger charge is -2.09. The van der Waals surface area contributed by atoms with Crippen LogP contribution in [0.25, 0.3) is 0 Å². The summed E-state index contributed by atoms with van der Waals surface area (Å²) in [5.41, 5.74) is 6.33. The first-order valence-electron chi connectivity index (χ1n) is 4.84. The second-order valence-electron chi connectivity index (χ2n) is 3.56. The molecule has 1 unspecified atom stereocenters. The second-order valence-corrected chi connectivity index (χ2v) is 4.48. The number of primary amides is 1. The van der Waals surface area contributed by atoms with Crippen LogP contribution in [0.5, 0.6) is 0 Å². The molecule has 1 aromatic carbocycles. The molecule has 0 radical (unpaired) electrons. The Balaban J connectivity index is 2.35. The number of benzene rings is 1. The number of nitrogens with one attached hydrogen (secondary N) is 1. The third kappa shape index (κ3) is 4.44. The van der Waals surface area contributed by atoms with Gasteiger partial charge in [-0.05, 0) is 17.7 Å². The van der Waals surface area contributed by atoms with Crippen LogP contribution in [0.3, 0.4) is 0 Å². The molecule has 3 nitrogen and oxygen atoms in total. The summed E-state index contributed by atoms with van der Waals surface area (Å²) in [6, 6.07) is 8.04. The average Bonchev–Trinajstić information content (AvgIpc) is 2.17. The highest BCUT2D eigenvalue weighted by Gasteiger charge is 2.06. The maximum atomic E-state index is 10.8. The summed E-state index contributed by atoms with van der Waals surface area (Å²) in [5.74, 6) is -0.395. The van der Waals surface area contributed by atoms with Gasteiger partial charge in [-0.25, -0.2) is 0 Å². The van der Waals surface area contributed by atoms with E-state index in [-0.39, 0.29) is 11.8 Å². The first-order chi connectivity index (χ1) is 7.09. The lowest BCUT2D eigenvalue weighted by Crippen LogP contribution is -2.30. The van der Waals surface area contributed by atoms with Gasteiger partial charge in [-0.15, -0.1) is 0 Å². The van der Waals surface area contributed by atoms with Gasteiger partial charge in [-0.1, -0.05) is 35.0 Å². The average molecular weight is 271 g/mol. The van der Waals surface area contributed by atoms with Crippen LogP contribution in [0.15, 0.2) is 28.7 Å². The third-order valence-electron chi connectivity index (χ3n) is 2.15. The molecule has 1 amide bonds. The number of halogens is 1. The molecule has 1 atom stereocenters. The molecule has 0 aliphatic heterocycles. The van der Waals surface area contributed by atoms with E-state index >= 15 is 0 Å². The SMILES string of the molecule is CC(CNCc1cccc(Br)c1)C(N)=O. The molecule has 1 rings (SSSR count). The topological polar surface area (TPSA) is 55.1 Å². The Morgan fingerprint density at radius 2 is 2.33 bits per heavy atom. The first-order valence-corrected chi connectivity index (χ1v) is 5.63. The predicted octanol–water partition coefficient (Wildman–Crippen LogP) is 1.66. The van der Waals surface area contributed by atoms with Crippen molar-refractivity contribution in [3.8, 4) is 0 Å². The Bertz CT molecular complexity index is 341. The van der Waals surface area contributed by atoms with Crippen molar-refractivity contribution in [3.05, 3.63) is 34.3 Å². The number of hydrogen-bond acceptors (Lipinski definition) is 2. The Kier molecular flexibility index (Phi) is 4.78. The maximum absolute atomic E-state index is 10.8. The van der Waals surface area contributed by atoms with Crippen LogP contribution in [-0.4, -0.2) is 12.5 Å². The van der Waals surface area contributed by atoms with Gasteiger partial charge in [0.2, 0.25) is 5.91 Å². The number of carbonyl (C=O) groups excluding carboxylic acids is 1. The van der Waals surface area contributed by atoms with Crippen LogP contribution < -0.4 is 11.1 Å². The maximum Gasteiger partial charge on any atom is 0.221 e. The zero-order valence-electron chi connectivity index (χ0n) is 8.66. The molecule has 0 saturated heterocycles. The van der Waals surface area contributed by atoms with Crippen molar-refractivity contribution in [2.24, 2.45) is 11.7 Å². The molecule has 0 bridgehead atoms. The van der Waals surface area contributed by atoms with Crippen molar-refractivity contribution in [2.75, 3.05) is 6.54 Å². The van der Waals surface area contributed by atoms with E-state index in [1.807, 2.05) is 31.2 Å². The van der Waals surface area contributed by atoms with Crippen LogP contribution in [0.4, 0.5) is 0 Å². The van der Waals surface area contributed by atoms with Crippen molar-refractivity contribution >= 4 is 21.8 Å². The van der Waals surface area contributed by atoms with Crippen molar-refractivity contribution < 1.29 is 4.79 Å². The molecule has 15 heavy (non-hydrogen) atoms. The highest BCUT2D eigenvalue weighted by Crippen LogP contribution is 2.11. The van der Waals surface area contributed by atoms with Crippen LogP contribution in [-0.2, 0) is 11.3 Å². The molecule has 0 aliphatic carbocycles. The molecule has 3 N–H and O–H groups in total. The smallest absolute Gasteiger partial charge is 0.221 e. The van der Waals surface area contributed by atoms with E-state index in [1.165, 1.54) is 5.56 Å². The van der Waals surface area contributed by atoms with Crippen molar-refractivity contribution in [1.29, 1.82) is 0 Å². The monoisotopic (exact) mass is 270 g/mol. The molecule has 0 fully saturated rings. The third-order valence-corrected chi connectivity index (χ3v) is 2.65. The van der Waals surface area contributed by atoms with Crippen LogP contribution in [0, 0.1) is 5.92 Å². The molecule has 0 spiro atoms. The summed E-state index contributed by atoms with van der Waals surface area (Å²) in [4.78, 5) is 10.8. The molecular formula is C11H15BrN2O. The lowest BCUT2D eigenvalue weighted by atomic mass is 10.1. The van der Waals surface area contributed by atoms with Crippen molar-refractivity contribution in [1.82, 2.24) is 5.32 Å². The zero-order valence-corrected chi connectivity index (χ0v) is 10.3. The fourth-order valence-electron chi connectivity index (χ4n) is 1.18. The molecule has 82 valence electrons. The minimum Gasteiger partial charge on any atom is -0.369 e.